The van der Waals surface area contributed by atoms with Gasteiger partial charge < -0.3 is 4.90 Å². The largest absolute Gasteiger partial charge is 0.332 e. The molecule has 1 aliphatic heterocycles. The molecule has 1 aromatic heterocycles. The molecule has 4 nitrogen and oxygen atoms in total. The van der Waals surface area contributed by atoms with Gasteiger partial charge in [-0.1, -0.05) is 37.3 Å². The fraction of sp³-hybridized carbons (Fsp3) is 0.312. The van der Waals surface area contributed by atoms with Crippen molar-refractivity contribution in [2.24, 2.45) is 0 Å². The van der Waals surface area contributed by atoms with Crippen molar-refractivity contribution < 1.29 is 4.79 Å². The number of aromatic nitrogens is 2. The monoisotopic (exact) mass is 267 g/mol. The van der Waals surface area contributed by atoms with Crippen LogP contribution in [-0.4, -0.2) is 20.8 Å². The van der Waals surface area contributed by atoms with E-state index in [1.54, 1.807) is 12.5 Å². The molecular weight excluding hydrogens is 250 g/mol. The second-order valence-electron chi connectivity index (χ2n) is 5.06. The third-order valence-electron chi connectivity index (χ3n) is 3.80. The molecular formula is C16H17N3O. The van der Waals surface area contributed by atoms with Crippen molar-refractivity contribution in [2.45, 2.75) is 32.4 Å². The van der Waals surface area contributed by atoms with Crippen molar-refractivity contribution in [1.82, 2.24) is 14.9 Å². The minimum atomic E-state index is -0.0709. The maximum atomic E-state index is 12.7. The Bertz CT molecular complexity index is 587. The maximum Gasteiger partial charge on any atom is 0.230 e. The van der Waals surface area contributed by atoms with E-state index in [-0.39, 0.29) is 11.8 Å². The number of rotatable bonds is 3. The third kappa shape index (κ3) is 2.29. The Morgan fingerprint density at radius 2 is 2.10 bits per heavy atom. The highest BCUT2D eigenvalue weighted by atomic mass is 16.2. The van der Waals surface area contributed by atoms with Crippen LogP contribution in [0.3, 0.4) is 0 Å². The first-order valence-electron chi connectivity index (χ1n) is 6.91. The number of carbonyl (C=O) groups excluding carboxylic acids is 1. The number of amides is 1. The van der Waals surface area contributed by atoms with Crippen molar-refractivity contribution in [3.05, 3.63) is 59.7 Å². The number of carbonyl (C=O) groups is 1. The SMILES string of the molecule is CC[C@H](C(=O)N1Cc2cncnc2C1)c1ccccc1. The zero-order valence-electron chi connectivity index (χ0n) is 11.5. The van der Waals surface area contributed by atoms with Crippen LogP contribution < -0.4 is 0 Å². The van der Waals surface area contributed by atoms with E-state index in [2.05, 4.69) is 16.9 Å². The number of nitrogens with zero attached hydrogens (tertiary/aromatic N) is 3. The van der Waals surface area contributed by atoms with Crippen LogP contribution in [0, 0.1) is 0 Å². The molecule has 102 valence electrons. The molecule has 0 saturated carbocycles. The standard InChI is InChI=1S/C16H17N3O/c1-2-14(12-6-4-3-5-7-12)16(20)19-9-13-8-17-11-18-15(13)10-19/h3-8,11,14H,2,9-10H2,1H3/t14-/m0/s1. The predicted molar refractivity (Wildman–Crippen MR) is 75.8 cm³/mol. The van der Waals surface area contributed by atoms with Crippen LogP contribution in [0.4, 0.5) is 0 Å². The summed E-state index contributed by atoms with van der Waals surface area (Å²) in [4.78, 5) is 22.9. The van der Waals surface area contributed by atoms with Gasteiger partial charge in [0.2, 0.25) is 5.91 Å². The molecule has 2 aromatic rings. The third-order valence-corrected chi connectivity index (χ3v) is 3.80. The average molecular weight is 267 g/mol. The van der Waals surface area contributed by atoms with E-state index in [4.69, 9.17) is 0 Å². The summed E-state index contributed by atoms with van der Waals surface area (Å²) in [6.07, 6.45) is 4.15. The molecule has 1 aliphatic rings. The highest BCUT2D eigenvalue weighted by molar-refractivity contribution is 5.84. The fourth-order valence-electron chi connectivity index (χ4n) is 2.71. The first-order chi connectivity index (χ1) is 9.79. The van der Waals surface area contributed by atoms with E-state index < -0.39 is 0 Å². The Morgan fingerprint density at radius 3 is 2.80 bits per heavy atom. The smallest absolute Gasteiger partial charge is 0.230 e. The average Bonchev–Trinajstić information content (AvgIpc) is 2.93. The molecule has 1 atom stereocenters. The summed E-state index contributed by atoms with van der Waals surface area (Å²) in [7, 11) is 0. The van der Waals surface area contributed by atoms with Crippen molar-refractivity contribution in [2.75, 3.05) is 0 Å². The predicted octanol–water partition coefficient (Wildman–Crippen LogP) is 2.51. The molecule has 0 spiro atoms. The number of hydrogen-bond acceptors (Lipinski definition) is 3. The summed E-state index contributed by atoms with van der Waals surface area (Å²) >= 11 is 0. The Labute approximate surface area is 118 Å². The minimum Gasteiger partial charge on any atom is -0.332 e. The van der Waals surface area contributed by atoms with Crippen LogP contribution in [0.5, 0.6) is 0 Å². The highest BCUT2D eigenvalue weighted by Gasteiger charge is 2.29. The van der Waals surface area contributed by atoms with E-state index in [1.165, 1.54) is 0 Å². The molecule has 0 fully saturated rings. The number of hydrogen-bond donors (Lipinski definition) is 0. The first kappa shape index (κ1) is 12.8. The Hall–Kier alpha value is -2.23. The van der Waals surface area contributed by atoms with Gasteiger partial charge in [0.25, 0.3) is 0 Å². The van der Waals surface area contributed by atoms with E-state index in [1.807, 2.05) is 35.2 Å². The molecule has 0 unspecified atom stereocenters. The number of benzene rings is 1. The van der Waals surface area contributed by atoms with E-state index in [9.17, 15) is 4.79 Å². The normalized spacial score (nSPS) is 14.9. The summed E-state index contributed by atoms with van der Waals surface area (Å²) in [6.45, 7) is 3.27. The Morgan fingerprint density at radius 1 is 1.30 bits per heavy atom. The second kappa shape index (κ2) is 5.41. The molecule has 0 radical (unpaired) electrons. The van der Waals surface area contributed by atoms with Crippen molar-refractivity contribution in [3.8, 4) is 0 Å². The van der Waals surface area contributed by atoms with E-state index in [0.717, 1.165) is 23.2 Å². The molecule has 0 bridgehead atoms. The summed E-state index contributed by atoms with van der Waals surface area (Å²) < 4.78 is 0. The maximum absolute atomic E-state index is 12.7. The van der Waals surface area contributed by atoms with Gasteiger partial charge in [-0.15, -0.1) is 0 Å². The lowest BCUT2D eigenvalue weighted by atomic mass is 9.95. The summed E-state index contributed by atoms with van der Waals surface area (Å²) in [6, 6.07) is 9.98. The summed E-state index contributed by atoms with van der Waals surface area (Å²) in [5, 5.41) is 0. The zero-order valence-corrected chi connectivity index (χ0v) is 11.5. The molecule has 2 heterocycles. The van der Waals surface area contributed by atoms with E-state index >= 15 is 0 Å². The van der Waals surface area contributed by atoms with Gasteiger partial charge in [0.1, 0.15) is 6.33 Å². The summed E-state index contributed by atoms with van der Waals surface area (Å²) in [5.41, 5.74) is 3.11. The van der Waals surface area contributed by atoms with Gasteiger partial charge in [0.15, 0.2) is 0 Å². The first-order valence-corrected chi connectivity index (χ1v) is 6.91. The highest BCUT2D eigenvalue weighted by Crippen LogP contribution is 2.27. The van der Waals surface area contributed by atoms with Crippen molar-refractivity contribution in [1.29, 1.82) is 0 Å². The van der Waals surface area contributed by atoms with Crippen molar-refractivity contribution >= 4 is 5.91 Å². The minimum absolute atomic E-state index is 0.0709. The molecule has 0 saturated heterocycles. The molecule has 4 heteroatoms. The fourth-order valence-corrected chi connectivity index (χ4v) is 2.71. The topological polar surface area (TPSA) is 46.1 Å². The van der Waals surface area contributed by atoms with Gasteiger partial charge in [0.05, 0.1) is 18.2 Å². The molecule has 0 aliphatic carbocycles. The lowest BCUT2D eigenvalue weighted by Crippen LogP contribution is -2.30. The van der Waals surface area contributed by atoms with Gasteiger partial charge >= 0.3 is 0 Å². The van der Waals surface area contributed by atoms with Gasteiger partial charge in [-0.05, 0) is 12.0 Å². The molecule has 3 rings (SSSR count). The van der Waals surface area contributed by atoms with Crippen LogP contribution in [0.15, 0.2) is 42.9 Å². The van der Waals surface area contributed by atoms with Crippen LogP contribution in [0.2, 0.25) is 0 Å². The number of fused-ring (bicyclic) bond motifs is 1. The van der Waals surface area contributed by atoms with Gasteiger partial charge in [-0.25, -0.2) is 9.97 Å². The van der Waals surface area contributed by atoms with Crippen LogP contribution in [0.1, 0.15) is 36.1 Å². The molecule has 0 N–H and O–H groups in total. The van der Waals surface area contributed by atoms with Gasteiger partial charge in [-0.2, -0.15) is 0 Å². The van der Waals surface area contributed by atoms with Crippen molar-refractivity contribution in [3.63, 3.8) is 0 Å². The van der Waals surface area contributed by atoms with Gasteiger partial charge in [0, 0.05) is 18.3 Å². The molecule has 20 heavy (non-hydrogen) atoms. The molecule has 1 aromatic carbocycles. The lowest BCUT2D eigenvalue weighted by molar-refractivity contribution is -0.133. The summed E-state index contributed by atoms with van der Waals surface area (Å²) in [5.74, 6) is 0.107. The van der Waals surface area contributed by atoms with Crippen LogP contribution in [-0.2, 0) is 17.9 Å². The Kier molecular flexibility index (Phi) is 3.46. The second-order valence-corrected chi connectivity index (χ2v) is 5.06. The quantitative estimate of drug-likeness (QED) is 0.858. The van der Waals surface area contributed by atoms with Gasteiger partial charge in [-0.3, -0.25) is 4.79 Å². The van der Waals surface area contributed by atoms with Crippen LogP contribution in [0.25, 0.3) is 0 Å². The lowest BCUT2D eigenvalue weighted by Gasteiger charge is -2.22. The van der Waals surface area contributed by atoms with Crippen LogP contribution >= 0.6 is 0 Å². The molecule has 1 amide bonds. The van der Waals surface area contributed by atoms with E-state index in [0.29, 0.717) is 13.1 Å². The Balaban J connectivity index is 1.80. The zero-order chi connectivity index (χ0) is 13.9.